The van der Waals surface area contributed by atoms with Crippen LogP contribution in [0.15, 0.2) is 69.7 Å². The molecule has 0 saturated carbocycles. The summed E-state index contributed by atoms with van der Waals surface area (Å²) in [6.45, 7) is 0. The molecule has 0 amide bonds. The topological polar surface area (TPSA) is 43.8 Å². The highest BCUT2D eigenvalue weighted by Crippen LogP contribution is 2.30. The van der Waals surface area contributed by atoms with Gasteiger partial charge in [0.15, 0.2) is 0 Å². The summed E-state index contributed by atoms with van der Waals surface area (Å²) in [6.07, 6.45) is 1.77. The number of nitrogens with two attached hydrogens (primary N) is 1. The Kier molecular flexibility index (Phi) is 4.24. The lowest BCUT2D eigenvalue weighted by Gasteiger charge is -2.16. The molecule has 1 unspecified atom stereocenters. The second-order valence-electron chi connectivity index (χ2n) is 4.65. The van der Waals surface area contributed by atoms with Crippen molar-refractivity contribution in [2.75, 3.05) is 0 Å². The Labute approximate surface area is 140 Å². The third-order valence-electron chi connectivity index (χ3n) is 3.28. The van der Waals surface area contributed by atoms with Crippen LogP contribution in [0.4, 0.5) is 0 Å². The molecule has 0 saturated heterocycles. The normalized spacial score (nSPS) is 12.3. The highest BCUT2D eigenvalue weighted by molar-refractivity contribution is 9.11. The molecule has 106 valence electrons. The summed E-state index contributed by atoms with van der Waals surface area (Å²) in [5, 5.41) is 4.39. The minimum Gasteiger partial charge on any atom is -0.319 e. The van der Waals surface area contributed by atoms with Crippen molar-refractivity contribution in [2.24, 2.45) is 5.73 Å². The molecule has 2 aromatic carbocycles. The van der Waals surface area contributed by atoms with Gasteiger partial charge in [-0.2, -0.15) is 5.10 Å². The van der Waals surface area contributed by atoms with Crippen LogP contribution in [-0.4, -0.2) is 9.78 Å². The van der Waals surface area contributed by atoms with Crippen LogP contribution < -0.4 is 5.73 Å². The zero-order valence-corrected chi connectivity index (χ0v) is 14.3. The maximum absolute atomic E-state index is 6.46. The average molecular weight is 407 g/mol. The Hall–Kier alpha value is -1.43. The molecule has 0 bridgehead atoms. The van der Waals surface area contributed by atoms with E-state index in [1.54, 1.807) is 6.20 Å². The van der Waals surface area contributed by atoms with E-state index in [9.17, 15) is 0 Å². The van der Waals surface area contributed by atoms with E-state index in [-0.39, 0.29) is 6.04 Å². The largest absolute Gasteiger partial charge is 0.319 e. The first-order chi connectivity index (χ1) is 10.2. The van der Waals surface area contributed by atoms with E-state index in [1.807, 2.05) is 59.3 Å². The summed E-state index contributed by atoms with van der Waals surface area (Å²) in [5.74, 6) is 0. The fourth-order valence-corrected chi connectivity index (χ4v) is 3.12. The monoisotopic (exact) mass is 405 g/mol. The number of rotatable bonds is 3. The highest BCUT2D eigenvalue weighted by Gasteiger charge is 2.17. The first-order valence-electron chi connectivity index (χ1n) is 6.46. The van der Waals surface area contributed by atoms with Crippen molar-refractivity contribution in [2.45, 2.75) is 6.04 Å². The van der Waals surface area contributed by atoms with Crippen LogP contribution in [0, 0.1) is 0 Å². The van der Waals surface area contributed by atoms with Crippen LogP contribution in [0.3, 0.4) is 0 Å². The van der Waals surface area contributed by atoms with Gasteiger partial charge in [0.25, 0.3) is 0 Å². The minimum absolute atomic E-state index is 0.264. The molecule has 0 radical (unpaired) electrons. The lowest BCUT2D eigenvalue weighted by Crippen LogP contribution is -2.17. The molecule has 0 aliphatic carbocycles. The fraction of sp³-hybridized carbons (Fsp3) is 0.0625. The van der Waals surface area contributed by atoms with Crippen LogP contribution in [-0.2, 0) is 0 Å². The highest BCUT2D eigenvalue weighted by atomic mass is 79.9. The first-order valence-corrected chi connectivity index (χ1v) is 8.05. The smallest absolute Gasteiger partial charge is 0.0739 e. The van der Waals surface area contributed by atoms with E-state index in [0.29, 0.717) is 0 Å². The number of hydrogen-bond acceptors (Lipinski definition) is 2. The molecule has 3 nitrogen and oxygen atoms in total. The number of halogens is 2. The van der Waals surface area contributed by atoms with Gasteiger partial charge in [0.05, 0.1) is 17.4 Å². The Balaban J connectivity index is 2.06. The number of aromatic nitrogens is 2. The van der Waals surface area contributed by atoms with Gasteiger partial charge >= 0.3 is 0 Å². The third kappa shape index (κ3) is 2.95. The van der Waals surface area contributed by atoms with Crippen LogP contribution in [0.2, 0.25) is 0 Å². The molecule has 0 spiro atoms. The third-order valence-corrected chi connectivity index (χ3v) is 4.50. The van der Waals surface area contributed by atoms with Crippen molar-refractivity contribution in [1.82, 2.24) is 9.78 Å². The summed E-state index contributed by atoms with van der Waals surface area (Å²) in [5.41, 5.74) is 9.42. The first kappa shape index (κ1) is 14.5. The molecule has 0 aliphatic heterocycles. The van der Waals surface area contributed by atoms with E-state index in [0.717, 1.165) is 25.9 Å². The molecular weight excluding hydrogens is 394 g/mol. The van der Waals surface area contributed by atoms with Crippen molar-refractivity contribution >= 4 is 31.9 Å². The number of benzene rings is 2. The quantitative estimate of drug-likeness (QED) is 0.698. The van der Waals surface area contributed by atoms with Crippen LogP contribution in [0.25, 0.3) is 5.69 Å². The van der Waals surface area contributed by atoms with Crippen molar-refractivity contribution in [3.8, 4) is 5.69 Å². The number of para-hydroxylation sites is 1. The van der Waals surface area contributed by atoms with Gasteiger partial charge in [0.2, 0.25) is 0 Å². The summed E-state index contributed by atoms with van der Waals surface area (Å²) < 4.78 is 3.86. The zero-order chi connectivity index (χ0) is 14.8. The van der Waals surface area contributed by atoms with Crippen LogP contribution >= 0.6 is 31.9 Å². The van der Waals surface area contributed by atoms with Crippen LogP contribution in [0.5, 0.6) is 0 Å². The van der Waals surface area contributed by atoms with Gasteiger partial charge in [0, 0.05) is 15.1 Å². The molecule has 0 aliphatic rings. The van der Waals surface area contributed by atoms with Crippen molar-refractivity contribution < 1.29 is 0 Å². The van der Waals surface area contributed by atoms with Gasteiger partial charge in [-0.3, -0.25) is 0 Å². The summed E-state index contributed by atoms with van der Waals surface area (Å²) in [6, 6.07) is 17.7. The van der Waals surface area contributed by atoms with Gasteiger partial charge < -0.3 is 5.73 Å². The average Bonchev–Trinajstić information content (AvgIpc) is 2.99. The van der Waals surface area contributed by atoms with E-state index < -0.39 is 0 Å². The summed E-state index contributed by atoms with van der Waals surface area (Å²) >= 11 is 7.06. The van der Waals surface area contributed by atoms with E-state index >= 15 is 0 Å². The Morgan fingerprint density at radius 3 is 2.52 bits per heavy atom. The molecule has 0 fully saturated rings. The van der Waals surface area contributed by atoms with Crippen molar-refractivity contribution in [3.05, 3.63) is 81.0 Å². The van der Waals surface area contributed by atoms with Gasteiger partial charge in [0.1, 0.15) is 0 Å². The Bertz CT molecular complexity index is 753. The van der Waals surface area contributed by atoms with Crippen LogP contribution in [0.1, 0.15) is 17.3 Å². The Morgan fingerprint density at radius 2 is 1.76 bits per heavy atom. The number of nitrogens with zero attached hydrogens (tertiary/aromatic N) is 2. The summed E-state index contributed by atoms with van der Waals surface area (Å²) in [7, 11) is 0. The molecule has 21 heavy (non-hydrogen) atoms. The maximum atomic E-state index is 6.46. The van der Waals surface area contributed by atoms with E-state index in [1.165, 1.54) is 0 Å². The predicted molar refractivity (Wildman–Crippen MR) is 91.4 cm³/mol. The van der Waals surface area contributed by atoms with Gasteiger partial charge in [-0.25, -0.2) is 4.68 Å². The molecule has 3 rings (SSSR count). The molecule has 1 aromatic heterocycles. The van der Waals surface area contributed by atoms with E-state index in [2.05, 4.69) is 37.0 Å². The molecule has 3 aromatic rings. The lowest BCUT2D eigenvalue weighted by molar-refractivity contribution is 0.737. The maximum Gasteiger partial charge on any atom is 0.0739 e. The molecular formula is C16H13Br2N3. The van der Waals surface area contributed by atoms with E-state index in [4.69, 9.17) is 5.73 Å². The Morgan fingerprint density at radius 1 is 1.00 bits per heavy atom. The van der Waals surface area contributed by atoms with Crippen molar-refractivity contribution in [1.29, 1.82) is 0 Å². The lowest BCUT2D eigenvalue weighted by atomic mass is 10.0. The fourth-order valence-electron chi connectivity index (χ4n) is 2.25. The summed E-state index contributed by atoms with van der Waals surface area (Å²) in [4.78, 5) is 0. The minimum atomic E-state index is -0.264. The second-order valence-corrected chi connectivity index (χ2v) is 6.42. The standard InChI is InChI=1S/C16H13Br2N3/c17-11-6-7-14(18)13(10-11)16(19)15-8-9-20-21(15)12-4-2-1-3-5-12/h1-10,16H,19H2. The van der Waals surface area contributed by atoms with Gasteiger partial charge in [-0.1, -0.05) is 50.1 Å². The number of hydrogen-bond donors (Lipinski definition) is 1. The molecule has 1 atom stereocenters. The van der Waals surface area contributed by atoms with Crippen molar-refractivity contribution in [3.63, 3.8) is 0 Å². The SMILES string of the molecule is NC(c1cc(Br)ccc1Br)c1ccnn1-c1ccccc1. The molecule has 1 heterocycles. The molecule has 5 heteroatoms. The van der Waals surface area contributed by atoms with Gasteiger partial charge in [-0.15, -0.1) is 0 Å². The second kappa shape index (κ2) is 6.13. The van der Waals surface area contributed by atoms with Gasteiger partial charge in [-0.05, 0) is 42.0 Å². The molecule has 2 N–H and O–H groups in total. The predicted octanol–water partition coefficient (Wildman–Crippen LogP) is 4.45. The zero-order valence-electron chi connectivity index (χ0n) is 11.1.